The molecule has 0 fully saturated rings. The van der Waals surface area contributed by atoms with Gasteiger partial charge in [-0.3, -0.25) is 4.98 Å². The van der Waals surface area contributed by atoms with E-state index in [-0.39, 0.29) is 6.42 Å². The summed E-state index contributed by atoms with van der Waals surface area (Å²) in [5.41, 5.74) is 7.51. The fourth-order valence-corrected chi connectivity index (χ4v) is 2.63. The van der Waals surface area contributed by atoms with Gasteiger partial charge in [0.1, 0.15) is 10.8 Å². The molecule has 0 saturated heterocycles. The summed E-state index contributed by atoms with van der Waals surface area (Å²) in [7, 11) is 0. The van der Waals surface area contributed by atoms with Gasteiger partial charge in [0.05, 0.1) is 5.56 Å². The second-order valence-electron chi connectivity index (χ2n) is 4.51. The summed E-state index contributed by atoms with van der Waals surface area (Å²) in [6, 6.07) is 3.63. The maximum atomic E-state index is 12.0. The molecule has 4 nitrogen and oxygen atoms in total. The van der Waals surface area contributed by atoms with Gasteiger partial charge in [-0.2, -0.15) is 17.5 Å². The fraction of sp³-hybridized carbons (Fsp3) is 0.385. The topological polar surface area (TPSA) is 63.8 Å². The normalized spacial score (nSPS) is 11.6. The Bertz CT molecular complexity index is 569. The fourth-order valence-electron chi connectivity index (χ4n) is 1.87. The van der Waals surface area contributed by atoms with Crippen molar-refractivity contribution < 1.29 is 13.2 Å². The molecule has 0 spiro atoms. The van der Waals surface area contributed by atoms with Crippen LogP contribution in [0.1, 0.15) is 19.3 Å². The molecule has 0 unspecified atom stereocenters. The Hall–Kier alpha value is -1.83. The molecule has 0 aliphatic carbocycles. The molecule has 0 amide bonds. The summed E-state index contributed by atoms with van der Waals surface area (Å²) in [6.07, 6.45) is -0.991. The number of nitrogens with two attached hydrogens (primary N) is 1. The predicted octanol–water partition coefficient (Wildman–Crippen LogP) is 3.93. The lowest BCUT2D eigenvalue weighted by Crippen LogP contribution is -2.08. The first-order valence-corrected chi connectivity index (χ1v) is 7.21. The van der Waals surface area contributed by atoms with Gasteiger partial charge in [-0.1, -0.05) is 0 Å². The molecule has 21 heavy (non-hydrogen) atoms. The Morgan fingerprint density at radius 3 is 2.57 bits per heavy atom. The molecule has 0 aromatic carbocycles. The van der Waals surface area contributed by atoms with Crippen molar-refractivity contribution in [3.63, 3.8) is 0 Å². The molecular formula is C13H15F3N4S. The Labute approximate surface area is 124 Å². The SMILES string of the molecule is Nc1nsc(NCCCCC(F)(F)F)c1-c1ccncc1. The van der Waals surface area contributed by atoms with Crippen molar-refractivity contribution in [1.29, 1.82) is 0 Å². The molecule has 0 radical (unpaired) electrons. The molecule has 0 atom stereocenters. The van der Waals surface area contributed by atoms with Crippen LogP contribution in [-0.4, -0.2) is 22.1 Å². The van der Waals surface area contributed by atoms with Crippen molar-refractivity contribution in [1.82, 2.24) is 9.36 Å². The van der Waals surface area contributed by atoms with Gasteiger partial charge in [0.2, 0.25) is 0 Å². The third kappa shape index (κ3) is 4.59. The molecular weight excluding hydrogens is 301 g/mol. The highest BCUT2D eigenvalue weighted by Crippen LogP contribution is 2.36. The summed E-state index contributed by atoms with van der Waals surface area (Å²) in [6.45, 7) is 0.454. The van der Waals surface area contributed by atoms with Crippen LogP contribution in [0.25, 0.3) is 11.1 Å². The van der Waals surface area contributed by atoms with Crippen LogP contribution in [0.2, 0.25) is 0 Å². The zero-order chi connectivity index (χ0) is 15.3. The standard InChI is InChI=1S/C13H15F3N4S/c14-13(15,16)5-1-2-6-19-12-10(11(17)20-21-12)9-3-7-18-8-4-9/h3-4,7-8,19H,1-2,5-6H2,(H2,17,20). The van der Waals surface area contributed by atoms with E-state index < -0.39 is 12.6 Å². The minimum absolute atomic E-state index is 0.107. The maximum Gasteiger partial charge on any atom is 0.389 e. The van der Waals surface area contributed by atoms with E-state index in [1.54, 1.807) is 12.4 Å². The van der Waals surface area contributed by atoms with E-state index in [0.29, 0.717) is 18.8 Å². The van der Waals surface area contributed by atoms with Crippen molar-refractivity contribution in [3.8, 4) is 11.1 Å². The van der Waals surface area contributed by atoms with Crippen molar-refractivity contribution >= 4 is 22.4 Å². The molecule has 0 saturated carbocycles. The summed E-state index contributed by atoms with van der Waals surface area (Å²) in [4.78, 5) is 3.94. The number of nitrogens with one attached hydrogen (secondary N) is 1. The highest BCUT2D eigenvalue weighted by molar-refractivity contribution is 7.11. The van der Waals surface area contributed by atoms with Gasteiger partial charge in [0.15, 0.2) is 0 Å². The maximum absolute atomic E-state index is 12.0. The van der Waals surface area contributed by atoms with Crippen LogP contribution < -0.4 is 11.1 Å². The van der Waals surface area contributed by atoms with E-state index in [2.05, 4.69) is 14.7 Å². The van der Waals surface area contributed by atoms with Crippen molar-refractivity contribution in [2.75, 3.05) is 17.6 Å². The molecule has 0 aliphatic rings. The van der Waals surface area contributed by atoms with Gasteiger partial charge in [-0.25, -0.2) is 0 Å². The highest BCUT2D eigenvalue weighted by atomic mass is 32.1. The summed E-state index contributed by atoms with van der Waals surface area (Å²) < 4.78 is 40.2. The van der Waals surface area contributed by atoms with E-state index in [1.807, 2.05) is 12.1 Å². The molecule has 3 N–H and O–H groups in total. The summed E-state index contributed by atoms with van der Waals surface area (Å²) in [5.74, 6) is 0.406. The second-order valence-corrected chi connectivity index (χ2v) is 5.28. The number of pyridine rings is 1. The van der Waals surface area contributed by atoms with Crippen LogP contribution in [0.3, 0.4) is 0 Å². The predicted molar refractivity (Wildman–Crippen MR) is 78.2 cm³/mol. The Morgan fingerprint density at radius 1 is 1.19 bits per heavy atom. The van der Waals surface area contributed by atoms with Crippen LogP contribution in [-0.2, 0) is 0 Å². The summed E-state index contributed by atoms with van der Waals surface area (Å²) >= 11 is 1.21. The smallest absolute Gasteiger partial charge is 0.382 e. The van der Waals surface area contributed by atoms with Gasteiger partial charge in [-0.05, 0) is 42.1 Å². The zero-order valence-corrected chi connectivity index (χ0v) is 12.0. The second kappa shape index (κ2) is 6.75. The molecule has 8 heteroatoms. The van der Waals surface area contributed by atoms with Crippen LogP contribution in [0, 0.1) is 0 Å². The monoisotopic (exact) mass is 316 g/mol. The molecule has 0 aliphatic heterocycles. The van der Waals surface area contributed by atoms with Crippen molar-refractivity contribution in [2.45, 2.75) is 25.4 Å². The Balaban J connectivity index is 1.93. The number of halogens is 3. The molecule has 2 aromatic rings. The number of alkyl halides is 3. The van der Waals surface area contributed by atoms with E-state index in [9.17, 15) is 13.2 Å². The van der Waals surface area contributed by atoms with E-state index in [1.165, 1.54) is 11.5 Å². The molecule has 0 bridgehead atoms. The molecule has 2 aromatic heterocycles. The van der Waals surface area contributed by atoms with Crippen LogP contribution >= 0.6 is 11.5 Å². The zero-order valence-electron chi connectivity index (χ0n) is 11.2. The summed E-state index contributed by atoms with van der Waals surface area (Å²) in [5, 5.41) is 3.88. The van der Waals surface area contributed by atoms with Crippen LogP contribution in [0.15, 0.2) is 24.5 Å². The molecule has 2 rings (SSSR count). The number of hydrogen-bond donors (Lipinski definition) is 2. The highest BCUT2D eigenvalue weighted by Gasteiger charge is 2.25. The molecule has 114 valence electrons. The average Bonchev–Trinajstić information content (AvgIpc) is 2.79. The number of aromatic nitrogens is 2. The van der Waals surface area contributed by atoms with E-state index in [0.717, 1.165) is 16.1 Å². The number of anilines is 2. The van der Waals surface area contributed by atoms with E-state index in [4.69, 9.17) is 5.73 Å². The quantitative estimate of drug-likeness (QED) is 0.793. The largest absolute Gasteiger partial charge is 0.389 e. The number of nitrogen functional groups attached to an aromatic ring is 1. The Kier molecular flexibility index (Phi) is 5.00. The number of nitrogens with zero attached hydrogens (tertiary/aromatic N) is 2. The Morgan fingerprint density at radius 2 is 1.90 bits per heavy atom. The lowest BCUT2D eigenvalue weighted by Gasteiger charge is -2.08. The minimum Gasteiger partial charge on any atom is -0.382 e. The van der Waals surface area contributed by atoms with Crippen molar-refractivity contribution in [2.24, 2.45) is 0 Å². The lowest BCUT2D eigenvalue weighted by molar-refractivity contribution is -0.135. The first kappa shape index (κ1) is 15.6. The van der Waals surface area contributed by atoms with Gasteiger partial charge in [0.25, 0.3) is 0 Å². The average molecular weight is 316 g/mol. The van der Waals surface area contributed by atoms with Crippen LogP contribution in [0.4, 0.5) is 24.0 Å². The third-order valence-electron chi connectivity index (χ3n) is 2.86. The number of rotatable bonds is 6. The lowest BCUT2D eigenvalue weighted by atomic mass is 10.1. The van der Waals surface area contributed by atoms with Crippen LogP contribution in [0.5, 0.6) is 0 Å². The van der Waals surface area contributed by atoms with E-state index >= 15 is 0 Å². The van der Waals surface area contributed by atoms with Gasteiger partial charge in [0, 0.05) is 25.4 Å². The number of hydrogen-bond acceptors (Lipinski definition) is 5. The van der Waals surface area contributed by atoms with Crippen molar-refractivity contribution in [3.05, 3.63) is 24.5 Å². The minimum atomic E-state index is -4.09. The number of unbranched alkanes of at least 4 members (excludes halogenated alkanes) is 1. The molecule has 2 heterocycles. The van der Waals surface area contributed by atoms with Gasteiger partial charge < -0.3 is 11.1 Å². The van der Waals surface area contributed by atoms with Gasteiger partial charge >= 0.3 is 6.18 Å². The first-order valence-electron chi connectivity index (χ1n) is 6.43. The third-order valence-corrected chi connectivity index (χ3v) is 3.68. The van der Waals surface area contributed by atoms with Gasteiger partial charge in [-0.15, -0.1) is 0 Å². The first-order chi connectivity index (χ1) is 9.97.